The number of fused-ring (bicyclic) bond motifs is 1. The van der Waals surface area contributed by atoms with Gasteiger partial charge in [0.05, 0.1) is 0 Å². The summed E-state index contributed by atoms with van der Waals surface area (Å²) < 4.78 is 3.21. The molecule has 0 unspecified atom stereocenters. The van der Waals surface area contributed by atoms with Gasteiger partial charge in [0, 0.05) is 14.1 Å². The third kappa shape index (κ3) is 0.728. The van der Waals surface area contributed by atoms with E-state index in [1.54, 1.807) is 11.0 Å². The summed E-state index contributed by atoms with van der Waals surface area (Å²) in [4.78, 5) is 0. The minimum atomic E-state index is 0.297. The summed E-state index contributed by atoms with van der Waals surface area (Å²) in [6.45, 7) is 0. The van der Waals surface area contributed by atoms with Crippen molar-refractivity contribution >= 4 is 11.7 Å². The Bertz CT molecular complexity index is 397. The van der Waals surface area contributed by atoms with Gasteiger partial charge in [0.2, 0.25) is 5.95 Å². The van der Waals surface area contributed by atoms with E-state index in [9.17, 15) is 0 Å². The van der Waals surface area contributed by atoms with Crippen LogP contribution in [0.5, 0.6) is 0 Å². The molecule has 0 bridgehead atoms. The van der Waals surface area contributed by atoms with Crippen LogP contribution in [0, 0.1) is 0 Å². The third-order valence-corrected chi connectivity index (χ3v) is 1.56. The van der Waals surface area contributed by atoms with Crippen LogP contribution in [0.25, 0.3) is 5.78 Å². The van der Waals surface area contributed by atoms with Gasteiger partial charge >= 0.3 is 0 Å². The molecule has 0 saturated heterocycles. The van der Waals surface area contributed by atoms with Gasteiger partial charge in [0.1, 0.15) is 6.33 Å². The van der Waals surface area contributed by atoms with Crippen LogP contribution in [0.2, 0.25) is 0 Å². The zero-order valence-corrected chi connectivity index (χ0v) is 6.84. The predicted molar refractivity (Wildman–Crippen MR) is 43.2 cm³/mol. The lowest BCUT2D eigenvalue weighted by Crippen LogP contribution is -2.23. The summed E-state index contributed by atoms with van der Waals surface area (Å²) in [5.74, 6) is 0.906. The van der Waals surface area contributed by atoms with Crippen molar-refractivity contribution in [3.8, 4) is 0 Å². The number of rotatable bonds is 1. The van der Waals surface area contributed by atoms with Gasteiger partial charge in [-0.15, -0.1) is 10.2 Å². The van der Waals surface area contributed by atoms with Crippen LogP contribution in [0.3, 0.4) is 0 Å². The maximum atomic E-state index is 5.48. The molecule has 0 aromatic carbocycles. The van der Waals surface area contributed by atoms with Crippen LogP contribution in [0.1, 0.15) is 0 Å². The van der Waals surface area contributed by atoms with E-state index in [1.165, 1.54) is 4.52 Å². The van der Waals surface area contributed by atoms with Crippen LogP contribution < -0.4 is 10.7 Å². The predicted octanol–water partition coefficient (Wildman–Crippen LogP) is -1.29. The van der Waals surface area contributed by atoms with E-state index in [-0.39, 0.29) is 0 Å². The van der Waals surface area contributed by atoms with E-state index in [0.29, 0.717) is 11.7 Å². The molecule has 64 valence electrons. The van der Waals surface area contributed by atoms with Crippen molar-refractivity contribution in [2.45, 2.75) is 0 Å². The van der Waals surface area contributed by atoms with E-state index in [4.69, 9.17) is 5.73 Å². The molecule has 2 aromatic heterocycles. The molecule has 12 heavy (non-hydrogen) atoms. The van der Waals surface area contributed by atoms with E-state index in [1.807, 2.05) is 19.1 Å². The number of aromatic nitrogens is 5. The normalized spacial score (nSPS) is 10.8. The molecule has 0 aliphatic rings. The van der Waals surface area contributed by atoms with Crippen molar-refractivity contribution in [1.29, 1.82) is 0 Å². The Morgan fingerprint density at radius 3 is 2.83 bits per heavy atom. The highest BCUT2D eigenvalue weighted by atomic mass is 15.6. The largest absolute Gasteiger partial charge is 0.366 e. The van der Waals surface area contributed by atoms with Crippen molar-refractivity contribution < 1.29 is 0 Å². The Balaban J connectivity index is 2.71. The van der Waals surface area contributed by atoms with Crippen molar-refractivity contribution in [1.82, 2.24) is 24.5 Å². The van der Waals surface area contributed by atoms with E-state index < -0.39 is 0 Å². The van der Waals surface area contributed by atoms with Crippen LogP contribution in [0.15, 0.2) is 6.33 Å². The van der Waals surface area contributed by atoms with Crippen molar-refractivity contribution in [2.24, 2.45) is 0 Å². The van der Waals surface area contributed by atoms with Gasteiger partial charge in [-0.25, -0.2) is 4.68 Å². The molecular weight excluding hydrogens is 158 g/mol. The Morgan fingerprint density at radius 1 is 1.42 bits per heavy atom. The van der Waals surface area contributed by atoms with E-state index in [0.717, 1.165) is 0 Å². The van der Waals surface area contributed by atoms with Gasteiger partial charge in [0.25, 0.3) is 5.78 Å². The first kappa shape index (κ1) is 6.89. The Kier molecular flexibility index (Phi) is 1.20. The summed E-state index contributed by atoms with van der Waals surface area (Å²) >= 11 is 0. The maximum absolute atomic E-state index is 5.48. The third-order valence-electron chi connectivity index (χ3n) is 1.56. The van der Waals surface area contributed by atoms with Gasteiger partial charge in [-0.2, -0.15) is 9.61 Å². The maximum Gasteiger partial charge on any atom is 0.274 e. The number of anilines is 1. The van der Waals surface area contributed by atoms with Crippen molar-refractivity contribution in [3.05, 3.63) is 6.33 Å². The van der Waals surface area contributed by atoms with Crippen LogP contribution >= 0.6 is 0 Å². The van der Waals surface area contributed by atoms with E-state index >= 15 is 0 Å². The number of nitrogens with zero attached hydrogens (tertiary/aromatic N) is 6. The lowest BCUT2D eigenvalue weighted by molar-refractivity contribution is 0.741. The molecule has 2 rings (SSSR count). The average molecular weight is 167 g/mol. The molecule has 0 atom stereocenters. The summed E-state index contributed by atoms with van der Waals surface area (Å²) in [5.41, 5.74) is 5.48. The first-order valence-electron chi connectivity index (χ1n) is 3.42. The van der Waals surface area contributed by atoms with Gasteiger partial charge in [-0.3, -0.25) is 0 Å². The number of nitrogens with two attached hydrogens (primary N) is 1. The average Bonchev–Trinajstić information content (AvgIpc) is 2.53. The summed E-state index contributed by atoms with van der Waals surface area (Å²) in [6.07, 6.45) is 1.63. The Morgan fingerprint density at radius 2 is 2.17 bits per heavy atom. The highest BCUT2D eigenvalue weighted by molar-refractivity contribution is 5.35. The summed E-state index contributed by atoms with van der Waals surface area (Å²) in [7, 11) is 3.76. The molecular formula is C5H9N7. The highest BCUT2D eigenvalue weighted by Gasteiger charge is 2.08. The molecule has 2 aromatic rings. The van der Waals surface area contributed by atoms with Crippen LogP contribution in [-0.2, 0) is 0 Å². The molecule has 0 aliphatic carbocycles. The fraction of sp³-hybridized carbons (Fsp3) is 0.400. The number of hydrogen-bond donors (Lipinski definition) is 1. The second kappa shape index (κ2) is 2.10. The van der Waals surface area contributed by atoms with Gasteiger partial charge in [-0.05, 0) is 0 Å². The summed E-state index contributed by atoms with van der Waals surface area (Å²) in [6, 6.07) is 0. The SMILES string of the molecule is CN(C)n1cnn2c(N)nnc12. The zero-order valence-electron chi connectivity index (χ0n) is 6.84. The van der Waals surface area contributed by atoms with Crippen molar-refractivity contribution in [3.63, 3.8) is 0 Å². The molecule has 2 heterocycles. The van der Waals surface area contributed by atoms with Gasteiger partial charge in [0.15, 0.2) is 0 Å². The second-order valence-electron chi connectivity index (χ2n) is 2.59. The minimum Gasteiger partial charge on any atom is -0.366 e. The zero-order chi connectivity index (χ0) is 8.72. The molecule has 0 spiro atoms. The first-order chi connectivity index (χ1) is 5.70. The molecule has 0 amide bonds. The highest BCUT2D eigenvalue weighted by Crippen LogP contribution is 2.01. The topological polar surface area (TPSA) is 77.3 Å². The fourth-order valence-electron chi connectivity index (χ4n) is 0.971. The van der Waals surface area contributed by atoms with Crippen LogP contribution in [-0.4, -0.2) is 38.6 Å². The monoisotopic (exact) mass is 167 g/mol. The van der Waals surface area contributed by atoms with Crippen LogP contribution in [0.4, 0.5) is 5.95 Å². The smallest absolute Gasteiger partial charge is 0.274 e. The quantitative estimate of drug-likeness (QED) is 0.571. The molecule has 2 N–H and O–H groups in total. The lowest BCUT2D eigenvalue weighted by atomic mass is 11.0. The van der Waals surface area contributed by atoms with Gasteiger partial charge < -0.3 is 10.7 Å². The Hall–Kier alpha value is -1.79. The Labute approximate surface area is 68.4 Å². The molecule has 7 nitrogen and oxygen atoms in total. The molecule has 0 aliphatic heterocycles. The van der Waals surface area contributed by atoms with Crippen molar-refractivity contribution in [2.75, 3.05) is 24.8 Å². The molecule has 0 fully saturated rings. The summed E-state index contributed by atoms with van der Waals surface area (Å²) in [5, 5.41) is 13.3. The molecule has 0 saturated carbocycles. The molecule has 7 heteroatoms. The lowest BCUT2D eigenvalue weighted by Gasteiger charge is -2.10. The number of hydrogen-bond acceptors (Lipinski definition) is 5. The van der Waals surface area contributed by atoms with Gasteiger partial charge in [-0.1, -0.05) is 0 Å². The second-order valence-corrected chi connectivity index (χ2v) is 2.59. The minimum absolute atomic E-state index is 0.297. The fourth-order valence-corrected chi connectivity index (χ4v) is 0.971. The first-order valence-corrected chi connectivity index (χ1v) is 3.42. The standard InChI is InChI=1S/C5H9N7/c1-10(2)11-3-7-12-4(6)8-9-5(11)12/h3H,1-2H3,(H2,6,8). The molecule has 0 radical (unpaired) electrons. The number of nitrogen functional groups attached to an aromatic ring is 1. The van der Waals surface area contributed by atoms with E-state index in [2.05, 4.69) is 15.3 Å².